The second-order valence-electron chi connectivity index (χ2n) is 12.2. The predicted molar refractivity (Wildman–Crippen MR) is 190 cm³/mol. The highest BCUT2D eigenvalue weighted by Gasteiger charge is 2.31. The molecule has 0 radical (unpaired) electrons. The molecule has 0 saturated heterocycles. The van der Waals surface area contributed by atoms with Crippen LogP contribution in [0.1, 0.15) is 77.8 Å². The van der Waals surface area contributed by atoms with E-state index in [1.165, 1.54) is 62.6 Å². The third-order valence-electron chi connectivity index (χ3n) is 7.90. The van der Waals surface area contributed by atoms with Crippen LogP contribution in [0.5, 0.6) is 17.2 Å². The number of halogens is 3. The molecule has 4 aromatic rings. The number of benzene rings is 4. The lowest BCUT2D eigenvalue weighted by Gasteiger charge is -2.17. The van der Waals surface area contributed by atoms with Crippen molar-refractivity contribution in [1.29, 1.82) is 0 Å². The third kappa shape index (κ3) is 13.2. The summed E-state index contributed by atoms with van der Waals surface area (Å²) in [6.45, 7) is 4.17. The van der Waals surface area contributed by atoms with Gasteiger partial charge >= 0.3 is 12.3 Å². The highest BCUT2D eigenvalue weighted by Crippen LogP contribution is 2.24. The standard InChI is InChI=1S/C40H41F3N2O7/c1-3-4-5-6-7-23-50-33-21-15-31(16-22-33)39(49)51-34-19-11-28(12-20-34)25-36(27(2)46)45-38(48)30-13-17-32(18-14-30)44-37(47)26-29-9-8-10-35(24-29)52-40(41,42)43/h8-22,24,36H,3-7,23,25-26H2,1-2H3,(H,44,47)(H,45,48)/t36-/m0/s1. The Morgan fingerprint density at radius 3 is 2.04 bits per heavy atom. The zero-order valence-corrected chi connectivity index (χ0v) is 29.0. The van der Waals surface area contributed by atoms with Crippen LogP contribution in [0.15, 0.2) is 97.1 Å². The number of rotatable bonds is 18. The van der Waals surface area contributed by atoms with Crippen molar-refractivity contribution in [2.24, 2.45) is 0 Å². The number of Topliss-reactive ketones (excluding diaryl/α,β-unsaturated/α-hetero) is 1. The molecule has 0 aliphatic rings. The minimum Gasteiger partial charge on any atom is -0.494 e. The molecule has 0 heterocycles. The summed E-state index contributed by atoms with van der Waals surface area (Å²) in [5.41, 5.74) is 2.02. The van der Waals surface area contributed by atoms with E-state index in [2.05, 4.69) is 22.3 Å². The van der Waals surface area contributed by atoms with E-state index >= 15 is 0 Å². The van der Waals surface area contributed by atoms with E-state index in [0.717, 1.165) is 30.5 Å². The van der Waals surface area contributed by atoms with E-state index < -0.39 is 35.9 Å². The molecular formula is C40H41F3N2O7. The van der Waals surface area contributed by atoms with Gasteiger partial charge in [0.05, 0.1) is 24.6 Å². The Hall–Kier alpha value is -5.65. The number of esters is 1. The number of hydrogen-bond donors (Lipinski definition) is 2. The minimum absolute atomic E-state index is 0.193. The molecule has 0 unspecified atom stereocenters. The summed E-state index contributed by atoms with van der Waals surface area (Å²) in [5.74, 6) is -1.20. The topological polar surface area (TPSA) is 120 Å². The molecule has 0 aromatic heterocycles. The summed E-state index contributed by atoms with van der Waals surface area (Å²) >= 11 is 0. The summed E-state index contributed by atoms with van der Waals surface area (Å²) in [4.78, 5) is 50.6. The summed E-state index contributed by atoms with van der Waals surface area (Å²) < 4.78 is 52.7. The van der Waals surface area contributed by atoms with Crippen LogP contribution in [-0.4, -0.2) is 42.6 Å². The molecule has 2 amide bonds. The summed E-state index contributed by atoms with van der Waals surface area (Å²) in [6, 6.07) is 23.6. The zero-order chi connectivity index (χ0) is 37.5. The first-order valence-corrected chi connectivity index (χ1v) is 17.0. The number of ether oxygens (including phenoxy) is 3. The molecule has 0 bridgehead atoms. The Labute approximate surface area is 300 Å². The fraction of sp³-hybridized carbons (Fsp3) is 0.300. The van der Waals surface area contributed by atoms with Gasteiger partial charge in [-0.3, -0.25) is 14.4 Å². The largest absolute Gasteiger partial charge is 0.573 e. The molecule has 4 rings (SSSR count). The van der Waals surface area contributed by atoms with Gasteiger partial charge in [0.2, 0.25) is 5.91 Å². The molecule has 0 spiro atoms. The Morgan fingerprint density at radius 2 is 1.38 bits per heavy atom. The maximum absolute atomic E-state index is 13.0. The lowest BCUT2D eigenvalue weighted by molar-refractivity contribution is -0.274. The number of ketones is 1. The van der Waals surface area contributed by atoms with Gasteiger partial charge in [-0.15, -0.1) is 13.2 Å². The highest BCUT2D eigenvalue weighted by molar-refractivity contribution is 5.98. The first kappa shape index (κ1) is 39.1. The van der Waals surface area contributed by atoms with Gasteiger partial charge in [0, 0.05) is 11.3 Å². The van der Waals surface area contributed by atoms with Gasteiger partial charge in [0.25, 0.3) is 5.91 Å². The van der Waals surface area contributed by atoms with Crippen molar-refractivity contribution in [1.82, 2.24) is 5.32 Å². The van der Waals surface area contributed by atoms with Crippen molar-refractivity contribution in [3.05, 3.63) is 119 Å². The predicted octanol–water partition coefficient (Wildman–Crippen LogP) is 8.26. The number of anilines is 1. The maximum Gasteiger partial charge on any atom is 0.573 e. The molecule has 0 aliphatic carbocycles. The number of carbonyl (C=O) groups excluding carboxylic acids is 4. The van der Waals surface area contributed by atoms with Crippen LogP contribution in [-0.2, 0) is 22.4 Å². The second-order valence-corrected chi connectivity index (χ2v) is 12.2. The summed E-state index contributed by atoms with van der Waals surface area (Å²) in [5, 5.41) is 5.36. The van der Waals surface area contributed by atoms with Crippen molar-refractivity contribution < 1.29 is 46.6 Å². The van der Waals surface area contributed by atoms with Gasteiger partial charge in [-0.25, -0.2) is 4.79 Å². The second kappa shape index (κ2) is 19.1. The zero-order valence-electron chi connectivity index (χ0n) is 29.0. The van der Waals surface area contributed by atoms with Crippen molar-refractivity contribution in [3.63, 3.8) is 0 Å². The number of nitrogens with one attached hydrogen (secondary N) is 2. The van der Waals surface area contributed by atoms with Gasteiger partial charge in [0.1, 0.15) is 17.2 Å². The molecule has 0 saturated carbocycles. The highest BCUT2D eigenvalue weighted by atomic mass is 19.4. The van der Waals surface area contributed by atoms with Crippen LogP contribution < -0.4 is 24.8 Å². The molecule has 0 aliphatic heterocycles. The monoisotopic (exact) mass is 718 g/mol. The van der Waals surface area contributed by atoms with Crippen molar-refractivity contribution in [3.8, 4) is 17.2 Å². The summed E-state index contributed by atoms with van der Waals surface area (Å²) in [6.07, 6.45) is 0.861. The van der Waals surface area contributed by atoms with Crippen LogP contribution in [0.3, 0.4) is 0 Å². The van der Waals surface area contributed by atoms with Crippen LogP contribution in [0.4, 0.5) is 18.9 Å². The number of carbonyl (C=O) groups is 4. The van der Waals surface area contributed by atoms with Gasteiger partial charge in [-0.2, -0.15) is 0 Å². The molecule has 274 valence electrons. The van der Waals surface area contributed by atoms with E-state index in [9.17, 15) is 32.3 Å². The van der Waals surface area contributed by atoms with E-state index in [1.54, 1.807) is 48.5 Å². The van der Waals surface area contributed by atoms with Crippen LogP contribution in [0.2, 0.25) is 0 Å². The molecule has 9 nitrogen and oxygen atoms in total. The molecule has 0 fully saturated rings. The fourth-order valence-electron chi connectivity index (χ4n) is 5.16. The number of alkyl halides is 3. The molecule has 52 heavy (non-hydrogen) atoms. The third-order valence-corrected chi connectivity index (χ3v) is 7.90. The van der Waals surface area contributed by atoms with Crippen LogP contribution in [0, 0.1) is 0 Å². The number of unbranched alkanes of at least 4 members (excludes halogenated alkanes) is 4. The van der Waals surface area contributed by atoms with Gasteiger partial charge in [-0.1, -0.05) is 56.9 Å². The average Bonchev–Trinajstić information content (AvgIpc) is 3.10. The van der Waals surface area contributed by atoms with Crippen molar-refractivity contribution >= 4 is 29.3 Å². The van der Waals surface area contributed by atoms with E-state index in [1.807, 2.05) is 0 Å². The first-order chi connectivity index (χ1) is 24.9. The quantitative estimate of drug-likeness (QED) is 0.0604. The molecule has 2 N–H and O–H groups in total. The van der Waals surface area contributed by atoms with Crippen molar-refractivity contribution in [2.45, 2.75) is 71.2 Å². The maximum atomic E-state index is 13.0. The molecular weight excluding hydrogens is 677 g/mol. The smallest absolute Gasteiger partial charge is 0.494 e. The number of hydrogen-bond acceptors (Lipinski definition) is 7. The van der Waals surface area contributed by atoms with E-state index in [0.29, 0.717) is 34.9 Å². The van der Waals surface area contributed by atoms with Gasteiger partial charge in [0.15, 0.2) is 5.78 Å². The molecule has 4 aromatic carbocycles. The Bertz CT molecular complexity index is 1790. The van der Waals surface area contributed by atoms with Gasteiger partial charge in [-0.05, 0) is 104 Å². The van der Waals surface area contributed by atoms with Crippen LogP contribution >= 0.6 is 0 Å². The Balaban J connectivity index is 1.24. The average molecular weight is 719 g/mol. The minimum atomic E-state index is -4.85. The first-order valence-electron chi connectivity index (χ1n) is 17.0. The summed E-state index contributed by atoms with van der Waals surface area (Å²) in [7, 11) is 0. The lowest BCUT2D eigenvalue weighted by Crippen LogP contribution is -2.41. The molecule has 12 heteroatoms. The Morgan fingerprint density at radius 1 is 0.731 bits per heavy atom. The van der Waals surface area contributed by atoms with Crippen molar-refractivity contribution in [2.75, 3.05) is 11.9 Å². The van der Waals surface area contributed by atoms with Gasteiger partial charge < -0.3 is 24.8 Å². The lowest BCUT2D eigenvalue weighted by atomic mass is 10.0. The normalized spacial score (nSPS) is 11.6. The fourth-order valence-corrected chi connectivity index (χ4v) is 5.16. The number of amides is 2. The molecule has 1 atom stereocenters. The van der Waals surface area contributed by atoms with E-state index in [4.69, 9.17) is 9.47 Å². The van der Waals surface area contributed by atoms with E-state index in [-0.39, 0.29) is 24.2 Å². The Kier molecular flexibility index (Phi) is 14.4. The van der Waals surface area contributed by atoms with Crippen LogP contribution in [0.25, 0.3) is 0 Å². The SMILES string of the molecule is CCCCCCCOc1ccc(C(=O)Oc2ccc(C[C@H](NC(=O)c3ccc(NC(=O)Cc4cccc(OC(F)(F)F)c4)cc3)C(C)=O)cc2)cc1.